The van der Waals surface area contributed by atoms with Gasteiger partial charge in [-0.3, -0.25) is 0 Å². The number of aromatic nitrogens is 2. The summed E-state index contributed by atoms with van der Waals surface area (Å²) in [5.41, 5.74) is 4.13. The Balaban J connectivity index is 2.16. The molecular formula is C16H21ClN2. The van der Waals surface area contributed by atoms with Gasteiger partial charge in [0.05, 0.1) is 16.4 Å². The van der Waals surface area contributed by atoms with Crippen LogP contribution in [0, 0.1) is 12.3 Å². The van der Waals surface area contributed by atoms with Crippen molar-refractivity contribution in [2.45, 2.75) is 52.0 Å². The van der Waals surface area contributed by atoms with Gasteiger partial charge in [0.2, 0.25) is 0 Å². The van der Waals surface area contributed by atoms with Crippen LogP contribution in [0.5, 0.6) is 0 Å². The Morgan fingerprint density at radius 3 is 2.74 bits per heavy atom. The molecule has 3 rings (SSSR count). The van der Waals surface area contributed by atoms with Gasteiger partial charge in [-0.05, 0) is 50.2 Å². The summed E-state index contributed by atoms with van der Waals surface area (Å²) in [7, 11) is 0. The van der Waals surface area contributed by atoms with Crippen LogP contribution in [0.15, 0.2) is 18.2 Å². The molecule has 0 N–H and O–H groups in total. The molecule has 0 saturated heterocycles. The maximum absolute atomic E-state index is 6.34. The molecule has 0 radical (unpaired) electrons. The predicted molar refractivity (Wildman–Crippen MR) is 80.7 cm³/mol. The molecule has 1 saturated carbocycles. The fourth-order valence-corrected chi connectivity index (χ4v) is 3.15. The highest BCUT2D eigenvalue weighted by molar-refractivity contribution is 6.20. The third-order valence-corrected chi connectivity index (χ3v) is 4.75. The number of hydrogen-bond acceptors (Lipinski definition) is 1. The van der Waals surface area contributed by atoms with Crippen LogP contribution in [0.3, 0.4) is 0 Å². The number of alkyl halides is 1. The highest BCUT2D eigenvalue weighted by Crippen LogP contribution is 2.50. The third kappa shape index (κ3) is 2.16. The van der Waals surface area contributed by atoms with Crippen LogP contribution in [-0.4, -0.2) is 9.55 Å². The zero-order valence-corrected chi connectivity index (χ0v) is 12.7. The number of aryl methyl sites for hydroxylation is 1. The first kappa shape index (κ1) is 13.0. The fraction of sp³-hybridized carbons (Fsp3) is 0.562. The van der Waals surface area contributed by atoms with Crippen molar-refractivity contribution in [2.24, 2.45) is 5.41 Å². The second-order valence-corrected chi connectivity index (χ2v) is 6.62. The molecule has 1 aliphatic rings. The van der Waals surface area contributed by atoms with E-state index in [1.807, 2.05) is 6.92 Å². The van der Waals surface area contributed by atoms with E-state index in [0.29, 0.717) is 5.41 Å². The van der Waals surface area contributed by atoms with E-state index >= 15 is 0 Å². The first-order chi connectivity index (χ1) is 9.06. The van der Waals surface area contributed by atoms with Gasteiger partial charge in [0, 0.05) is 6.54 Å². The molecule has 0 bridgehead atoms. The van der Waals surface area contributed by atoms with Gasteiger partial charge < -0.3 is 4.57 Å². The van der Waals surface area contributed by atoms with E-state index in [-0.39, 0.29) is 5.38 Å². The summed E-state index contributed by atoms with van der Waals surface area (Å²) in [6, 6.07) is 6.33. The predicted octanol–water partition coefficient (Wildman–Crippen LogP) is 4.83. The van der Waals surface area contributed by atoms with E-state index in [1.54, 1.807) is 0 Å². The van der Waals surface area contributed by atoms with Gasteiger partial charge in [0.25, 0.3) is 0 Å². The Hall–Kier alpha value is -1.02. The van der Waals surface area contributed by atoms with Gasteiger partial charge in [0.15, 0.2) is 0 Å². The molecular weight excluding hydrogens is 256 g/mol. The first-order valence-electron chi connectivity index (χ1n) is 7.16. The van der Waals surface area contributed by atoms with Gasteiger partial charge in [-0.1, -0.05) is 19.1 Å². The molecule has 1 atom stereocenters. The highest BCUT2D eigenvalue weighted by atomic mass is 35.5. The number of halogens is 1. The average Bonchev–Trinajstić information content (AvgIpc) is 3.05. The van der Waals surface area contributed by atoms with Gasteiger partial charge in [-0.25, -0.2) is 4.98 Å². The lowest BCUT2D eigenvalue weighted by atomic mass is 10.0. The summed E-state index contributed by atoms with van der Waals surface area (Å²) in [4.78, 5) is 4.75. The molecule has 102 valence electrons. The monoisotopic (exact) mass is 276 g/mol. The van der Waals surface area contributed by atoms with Crippen molar-refractivity contribution in [1.82, 2.24) is 9.55 Å². The summed E-state index contributed by atoms with van der Waals surface area (Å²) in [5.74, 6) is 1.02. The van der Waals surface area contributed by atoms with Crippen molar-refractivity contribution >= 4 is 22.6 Å². The molecule has 19 heavy (non-hydrogen) atoms. The molecule has 2 aromatic rings. The standard InChI is InChI=1S/C16H21ClN2/c1-4-16(8-9-16)10-19-14-11(2)6-5-7-13(14)18-15(19)12(3)17/h5-7,12H,4,8-10H2,1-3H3. The zero-order chi connectivity index (χ0) is 13.6. The zero-order valence-electron chi connectivity index (χ0n) is 11.9. The summed E-state index contributed by atoms with van der Waals surface area (Å²) in [6.45, 7) is 7.54. The summed E-state index contributed by atoms with van der Waals surface area (Å²) >= 11 is 6.34. The number of fused-ring (bicyclic) bond motifs is 1. The van der Waals surface area contributed by atoms with Gasteiger partial charge in [0.1, 0.15) is 5.82 Å². The molecule has 0 spiro atoms. The van der Waals surface area contributed by atoms with Crippen LogP contribution in [-0.2, 0) is 6.54 Å². The Kier molecular flexibility index (Phi) is 3.09. The first-order valence-corrected chi connectivity index (χ1v) is 7.60. The number of imidazole rings is 1. The maximum Gasteiger partial charge on any atom is 0.127 e. The molecule has 1 fully saturated rings. The van der Waals surface area contributed by atoms with Crippen LogP contribution < -0.4 is 0 Å². The molecule has 0 amide bonds. The van der Waals surface area contributed by atoms with Crippen molar-refractivity contribution in [1.29, 1.82) is 0 Å². The number of benzene rings is 1. The van der Waals surface area contributed by atoms with E-state index in [2.05, 4.69) is 36.6 Å². The average molecular weight is 277 g/mol. The van der Waals surface area contributed by atoms with Gasteiger partial charge >= 0.3 is 0 Å². The van der Waals surface area contributed by atoms with E-state index < -0.39 is 0 Å². The minimum absolute atomic E-state index is 0.0422. The third-order valence-electron chi connectivity index (χ3n) is 4.55. The molecule has 0 aliphatic heterocycles. The Labute approximate surface area is 119 Å². The molecule has 2 nitrogen and oxygen atoms in total. The summed E-state index contributed by atoms with van der Waals surface area (Å²) in [5, 5.41) is -0.0422. The van der Waals surface area contributed by atoms with Crippen LogP contribution in [0.2, 0.25) is 0 Å². The van der Waals surface area contributed by atoms with Crippen molar-refractivity contribution < 1.29 is 0 Å². The van der Waals surface area contributed by atoms with Crippen molar-refractivity contribution in [3.8, 4) is 0 Å². The van der Waals surface area contributed by atoms with Gasteiger partial charge in [-0.15, -0.1) is 11.6 Å². The van der Waals surface area contributed by atoms with Crippen LogP contribution in [0.1, 0.15) is 49.9 Å². The SMILES string of the molecule is CCC1(Cn2c(C(C)Cl)nc3cccc(C)c32)CC1. The van der Waals surface area contributed by atoms with E-state index in [4.69, 9.17) is 16.6 Å². The van der Waals surface area contributed by atoms with Crippen LogP contribution >= 0.6 is 11.6 Å². The normalized spacial score (nSPS) is 18.7. The number of rotatable bonds is 4. The smallest absolute Gasteiger partial charge is 0.127 e. The largest absolute Gasteiger partial charge is 0.326 e. The molecule has 1 heterocycles. The number of nitrogens with zero attached hydrogens (tertiary/aromatic N) is 2. The van der Waals surface area contributed by atoms with Crippen LogP contribution in [0.4, 0.5) is 0 Å². The van der Waals surface area contributed by atoms with E-state index in [9.17, 15) is 0 Å². The Morgan fingerprint density at radius 2 is 2.16 bits per heavy atom. The molecule has 1 aliphatic carbocycles. The van der Waals surface area contributed by atoms with E-state index in [0.717, 1.165) is 17.9 Å². The quantitative estimate of drug-likeness (QED) is 0.731. The Morgan fingerprint density at radius 1 is 1.42 bits per heavy atom. The number of hydrogen-bond donors (Lipinski definition) is 0. The van der Waals surface area contributed by atoms with Crippen molar-refractivity contribution in [2.75, 3.05) is 0 Å². The summed E-state index contributed by atoms with van der Waals surface area (Å²) in [6.07, 6.45) is 3.92. The molecule has 1 aromatic heterocycles. The second-order valence-electron chi connectivity index (χ2n) is 5.97. The highest BCUT2D eigenvalue weighted by Gasteiger charge is 2.41. The minimum Gasteiger partial charge on any atom is -0.326 e. The lowest BCUT2D eigenvalue weighted by Crippen LogP contribution is -2.14. The molecule has 1 unspecified atom stereocenters. The second kappa shape index (κ2) is 4.52. The Bertz CT molecular complexity index is 608. The maximum atomic E-state index is 6.34. The minimum atomic E-state index is -0.0422. The lowest BCUT2D eigenvalue weighted by molar-refractivity contribution is 0.407. The van der Waals surface area contributed by atoms with Crippen molar-refractivity contribution in [3.63, 3.8) is 0 Å². The topological polar surface area (TPSA) is 17.8 Å². The fourth-order valence-electron chi connectivity index (χ4n) is 2.98. The number of para-hydroxylation sites is 1. The summed E-state index contributed by atoms with van der Waals surface area (Å²) < 4.78 is 2.37. The van der Waals surface area contributed by atoms with E-state index in [1.165, 1.54) is 30.3 Å². The molecule has 1 aromatic carbocycles. The van der Waals surface area contributed by atoms with Crippen molar-refractivity contribution in [3.05, 3.63) is 29.6 Å². The van der Waals surface area contributed by atoms with Gasteiger partial charge in [-0.2, -0.15) is 0 Å². The lowest BCUT2D eigenvalue weighted by Gasteiger charge is -2.18. The van der Waals surface area contributed by atoms with Crippen LogP contribution in [0.25, 0.3) is 11.0 Å². The molecule has 3 heteroatoms.